The third kappa shape index (κ3) is 5.57. The Morgan fingerprint density at radius 2 is 1.81 bits per heavy atom. The molecule has 1 N–H and O–H groups in total. The molecule has 1 aliphatic heterocycles. The van der Waals surface area contributed by atoms with Gasteiger partial charge in [0.1, 0.15) is 0 Å². The van der Waals surface area contributed by atoms with Crippen LogP contribution in [-0.2, 0) is 12.0 Å². The van der Waals surface area contributed by atoms with Gasteiger partial charge < -0.3 is 19.6 Å². The molecule has 1 aromatic heterocycles. The molecule has 3 rings (SSSR count). The van der Waals surface area contributed by atoms with Crippen molar-refractivity contribution in [1.82, 2.24) is 20.4 Å². The lowest BCUT2D eigenvalue weighted by Crippen LogP contribution is -2.52. The van der Waals surface area contributed by atoms with Gasteiger partial charge in [0.15, 0.2) is 11.8 Å². The maximum Gasteiger partial charge on any atom is 0.232 e. The first kappa shape index (κ1) is 21.5. The highest BCUT2D eigenvalue weighted by molar-refractivity contribution is 14.0. The Bertz CT molecular complexity index is 732. The van der Waals surface area contributed by atoms with Gasteiger partial charge in [-0.25, -0.2) is 0 Å². The second-order valence-electron chi connectivity index (χ2n) is 7.48. The van der Waals surface area contributed by atoms with Gasteiger partial charge in [-0.2, -0.15) is 4.98 Å². The highest BCUT2D eigenvalue weighted by atomic mass is 127. The molecule has 0 amide bonds. The molecule has 1 saturated heterocycles. The minimum atomic E-state index is -0.138. The molecule has 0 spiro atoms. The van der Waals surface area contributed by atoms with Crippen molar-refractivity contribution in [3.05, 3.63) is 42.0 Å². The number of halogens is 1. The zero-order chi connectivity index (χ0) is 18.6. The molecule has 0 radical (unpaired) electrons. The fourth-order valence-corrected chi connectivity index (χ4v) is 2.94. The molecule has 0 bridgehead atoms. The number of hydrogen-bond acceptors (Lipinski definition) is 5. The van der Waals surface area contributed by atoms with E-state index in [1.54, 1.807) is 0 Å². The lowest BCUT2D eigenvalue weighted by molar-refractivity contribution is 0.317. The third-order valence-corrected chi connectivity index (χ3v) is 4.43. The van der Waals surface area contributed by atoms with Gasteiger partial charge in [-0.15, -0.1) is 24.0 Å². The normalized spacial score (nSPS) is 15.5. The number of guanidine groups is 1. The zero-order valence-electron chi connectivity index (χ0n) is 16.5. The summed E-state index contributed by atoms with van der Waals surface area (Å²) in [5.41, 5.74) is 1.14. The summed E-state index contributed by atoms with van der Waals surface area (Å²) in [4.78, 5) is 13.5. The smallest absolute Gasteiger partial charge is 0.232 e. The molecule has 0 aliphatic carbocycles. The van der Waals surface area contributed by atoms with Crippen LogP contribution in [0.1, 0.15) is 32.5 Å². The second-order valence-corrected chi connectivity index (χ2v) is 7.48. The number of rotatable bonds is 3. The lowest BCUT2D eigenvalue weighted by Gasteiger charge is -2.37. The van der Waals surface area contributed by atoms with Crippen LogP contribution in [0.2, 0.25) is 0 Å². The van der Waals surface area contributed by atoms with E-state index in [0.29, 0.717) is 18.3 Å². The van der Waals surface area contributed by atoms with Crippen molar-refractivity contribution in [2.75, 3.05) is 38.1 Å². The molecule has 1 fully saturated rings. The van der Waals surface area contributed by atoms with Crippen molar-refractivity contribution in [2.24, 2.45) is 4.99 Å². The van der Waals surface area contributed by atoms with E-state index in [-0.39, 0.29) is 29.4 Å². The number of benzene rings is 1. The fraction of sp³-hybridized carbons (Fsp3) is 0.526. The van der Waals surface area contributed by atoms with Gasteiger partial charge in [0.05, 0.1) is 6.54 Å². The first-order chi connectivity index (χ1) is 12.5. The van der Waals surface area contributed by atoms with Crippen molar-refractivity contribution in [3.8, 4) is 0 Å². The number of anilines is 1. The van der Waals surface area contributed by atoms with Crippen LogP contribution in [0.4, 0.5) is 5.69 Å². The lowest BCUT2D eigenvalue weighted by atomic mass is 9.97. The number of nitrogens with one attached hydrogen (secondary N) is 1. The van der Waals surface area contributed by atoms with Crippen LogP contribution in [0.15, 0.2) is 39.8 Å². The fourth-order valence-electron chi connectivity index (χ4n) is 2.94. The van der Waals surface area contributed by atoms with E-state index in [2.05, 4.69) is 81.4 Å². The average molecular weight is 484 g/mol. The molecule has 0 unspecified atom stereocenters. The van der Waals surface area contributed by atoms with Crippen LogP contribution in [0.25, 0.3) is 0 Å². The Kier molecular flexibility index (Phi) is 7.46. The molecule has 0 atom stereocenters. The summed E-state index contributed by atoms with van der Waals surface area (Å²) >= 11 is 0. The topological polar surface area (TPSA) is 69.8 Å². The Morgan fingerprint density at radius 3 is 2.37 bits per heavy atom. The molecule has 2 aromatic rings. The summed E-state index contributed by atoms with van der Waals surface area (Å²) in [5, 5.41) is 7.40. The van der Waals surface area contributed by atoms with Crippen LogP contribution in [0, 0.1) is 0 Å². The minimum absolute atomic E-state index is 0. The summed E-state index contributed by atoms with van der Waals surface area (Å²) in [6.45, 7) is 10.5. The predicted molar refractivity (Wildman–Crippen MR) is 119 cm³/mol. The standard InChI is InChI=1S/C19H28N6O.HI/c1-19(2,3)17-22-16(23-26-17)14-21-18(20-4)25-12-10-24(11-13-25)15-8-6-5-7-9-15;/h5-9H,10-14H2,1-4H3,(H,20,21);1H. The SMILES string of the molecule is CN=C(NCc1noc(C(C)(C)C)n1)N1CCN(c2ccccc2)CC1.I. The Balaban J connectivity index is 0.00000261. The number of aromatic nitrogens is 2. The first-order valence-corrected chi connectivity index (χ1v) is 9.06. The first-order valence-electron chi connectivity index (χ1n) is 9.06. The molecule has 2 heterocycles. The molecular weight excluding hydrogens is 455 g/mol. The average Bonchev–Trinajstić information content (AvgIpc) is 3.13. The molecule has 148 valence electrons. The van der Waals surface area contributed by atoms with Gasteiger partial charge in [-0.3, -0.25) is 4.99 Å². The van der Waals surface area contributed by atoms with Crippen molar-refractivity contribution in [2.45, 2.75) is 32.7 Å². The second kappa shape index (κ2) is 9.38. The minimum Gasteiger partial charge on any atom is -0.368 e. The monoisotopic (exact) mass is 484 g/mol. The quantitative estimate of drug-likeness (QED) is 0.411. The van der Waals surface area contributed by atoms with Gasteiger partial charge >= 0.3 is 0 Å². The van der Waals surface area contributed by atoms with Crippen molar-refractivity contribution in [1.29, 1.82) is 0 Å². The molecular formula is C19H29IN6O. The Hall–Kier alpha value is -1.84. The van der Waals surface area contributed by atoms with Gasteiger partial charge in [0.2, 0.25) is 5.89 Å². The number of piperazine rings is 1. The summed E-state index contributed by atoms with van der Waals surface area (Å²) in [6.07, 6.45) is 0. The van der Waals surface area contributed by atoms with E-state index in [0.717, 1.165) is 32.1 Å². The largest absolute Gasteiger partial charge is 0.368 e. The summed E-state index contributed by atoms with van der Waals surface area (Å²) < 4.78 is 5.34. The van der Waals surface area contributed by atoms with E-state index in [4.69, 9.17) is 4.52 Å². The van der Waals surface area contributed by atoms with E-state index in [1.165, 1.54) is 5.69 Å². The maximum atomic E-state index is 5.34. The van der Waals surface area contributed by atoms with Gasteiger partial charge in [0, 0.05) is 44.3 Å². The van der Waals surface area contributed by atoms with Crippen LogP contribution >= 0.6 is 24.0 Å². The van der Waals surface area contributed by atoms with Crippen LogP contribution in [0.3, 0.4) is 0 Å². The summed E-state index contributed by atoms with van der Waals surface area (Å²) in [5.74, 6) is 2.18. The highest BCUT2D eigenvalue weighted by Gasteiger charge is 2.23. The van der Waals surface area contributed by atoms with E-state index >= 15 is 0 Å². The van der Waals surface area contributed by atoms with Crippen molar-refractivity contribution in [3.63, 3.8) is 0 Å². The van der Waals surface area contributed by atoms with E-state index in [9.17, 15) is 0 Å². The predicted octanol–water partition coefficient (Wildman–Crippen LogP) is 2.88. The molecule has 1 aromatic carbocycles. The number of nitrogens with zero attached hydrogens (tertiary/aromatic N) is 5. The van der Waals surface area contributed by atoms with Crippen molar-refractivity contribution < 1.29 is 4.52 Å². The summed E-state index contributed by atoms with van der Waals surface area (Å²) in [7, 11) is 1.81. The van der Waals surface area contributed by atoms with Crippen LogP contribution in [-0.4, -0.2) is 54.2 Å². The Morgan fingerprint density at radius 1 is 1.15 bits per heavy atom. The van der Waals surface area contributed by atoms with Gasteiger partial charge in [0.25, 0.3) is 0 Å². The third-order valence-electron chi connectivity index (χ3n) is 4.43. The zero-order valence-corrected chi connectivity index (χ0v) is 18.8. The number of hydrogen-bond donors (Lipinski definition) is 1. The van der Waals surface area contributed by atoms with Crippen LogP contribution < -0.4 is 10.2 Å². The Labute approximate surface area is 178 Å². The van der Waals surface area contributed by atoms with E-state index < -0.39 is 0 Å². The van der Waals surface area contributed by atoms with Crippen LogP contribution in [0.5, 0.6) is 0 Å². The van der Waals surface area contributed by atoms with Gasteiger partial charge in [-0.05, 0) is 12.1 Å². The highest BCUT2D eigenvalue weighted by Crippen LogP contribution is 2.19. The molecule has 8 heteroatoms. The number of para-hydroxylation sites is 1. The molecule has 27 heavy (non-hydrogen) atoms. The summed E-state index contributed by atoms with van der Waals surface area (Å²) in [6, 6.07) is 10.5. The van der Waals surface area contributed by atoms with E-state index in [1.807, 2.05) is 7.05 Å². The molecule has 1 aliphatic rings. The number of aliphatic imine (C=N–C) groups is 1. The van der Waals surface area contributed by atoms with Gasteiger partial charge in [-0.1, -0.05) is 44.1 Å². The molecule has 0 saturated carbocycles. The van der Waals surface area contributed by atoms with Crippen molar-refractivity contribution >= 4 is 35.6 Å². The molecule has 7 nitrogen and oxygen atoms in total. The maximum absolute atomic E-state index is 5.34.